The lowest BCUT2D eigenvalue weighted by atomic mass is 10.3. The second kappa shape index (κ2) is 5.65. The predicted molar refractivity (Wildman–Crippen MR) is 41.1 cm³/mol. The average Bonchev–Trinajstić information content (AvgIpc) is 1.82. The van der Waals surface area contributed by atoms with Crippen LogP contribution in [0.1, 0.15) is 6.92 Å². The quantitative estimate of drug-likeness (QED) is 0.591. The Balaban J connectivity index is 3.16. The minimum Gasteiger partial charge on any atom is -0.389 e. The number of ether oxygens (including phenoxy) is 1. The molecule has 0 saturated carbocycles. The fraction of sp³-hybridized carbons (Fsp3) is 1.00. The van der Waals surface area contributed by atoms with Crippen LogP contribution in [-0.2, 0) is 4.74 Å². The molecular formula is C7H17NO2. The van der Waals surface area contributed by atoms with Crippen LogP contribution in [0, 0.1) is 0 Å². The van der Waals surface area contributed by atoms with E-state index in [1.54, 1.807) is 0 Å². The number of hydrogen-bond acceptors (Lipinski definition) is 3. The molecule has 10 heavy (non-hydrogen) atoms. The Hall–Kier alpha value is -0.120. The molecule has 0 saturated heterocycles. The smallest absolute Gasteiger partial charge is 0.0899 e. The molecule has 3 nitrogen and oxygen atoms in total. The summed E-state index contributed by atoms with van der Waals surface area (Å²) in [5, 5.41) is 9.18. The molecule has 0 spiro atoms. The Bertz CT molecular complexity index is 76.0. The van der Waals surface area contributed by atoms with Crippen molar-refractivity contribution in [2.45, 2.75) is 13.0 Å². The maximum atomic E-state index is 9.18. The topological polar surface area (TPSA) is 32.7 Å². The molecule has 0 amide bonds. The summed E-state index contributed by atoms with van der Waals surface area (Å²) in [5.41, 5.74) is 0. The highest BCUT2D eigenvalue weighted by Gasteiger charge is 2.03. The van der Waals surface area contributed by atoms with Crippen LogP contribution in [0.2, 0.25) is 0 Å². The molecule has 3 heteroatoms. The van der Waals surface area contributed by atoms with Gasteiger partial charge in [0.15, 0.2) is 0 Å². The van der Waals surface area contributed by atoms with Crippen molar-refractivity contribution >= 4 is 0 Å². The van der Waals surface area contributed by atoms with E-state index in [1.165, 1.54) is 0 Å². The fourth-order valence-electron chi connectivity index (χ4n) is 0.728. The van der Waals surface area contributed by atoms with Gasteiger partial charge in [0, 0.05) is 13.2 Å². The van der Waals surface area contributed by atoms with Crippen molar-refractivity contribution in [3.63, 3.8) is 0 Å². The van der Waals surface area contributed by atoms with Crippen molar-refractivity contribution in [1.29, 1.82) is 0 Å². The molecule has 0 radical (unpaired) electrons. The molecule has 62 valence electrons. The third-order valence-corrected chi connectivity index (χ3v) is 1.09. The van der Waals surface area contributed by atoms with Crippen LogP contribution in [0.4, 0.5) is 0 Å². The van der Waals surface area contributed by atoms with Gasteiger partial charge >= 0.3 is 0 Å². The van der Waals surface area contributed by atoms with Gasteiger partial charge in [-0.25, -0.2) is 0 Å². The summed E-state index contributed by atoms with van der Waals surface area (Å²) in [7, 11) is 3.85. The number of likely N-dealkylation sites (N-methyl/N-ethyl adjacent to an activating group) is 1. The molecule has 0 aliphatic carbocycles. The first kappa shape index (κ1) is 9.88. The first-order valence-electron chi connectivity index (χ1n) is 3.57. The van der Waals surface area contributed by atoms with Gasteiger partial charge in [-0.2, -0.15) is 0 Å². The van der Waals surface area contributed by atoms with E-state index in [9.17, 15) is 5.11 Å². The van der Waals surface area contributed by atoms with Gasteiger partial charge in [-0.15, -0.1) is 0 Å². The zero-order valence-electron chi connectivity index (χ0n) is 7.00. The monoisotopic (exact) mass is 147 g/mol. The molecule has 0 heterocycles. The Morgan fingerprint density at radius 1 is 1.50 bits per heavy atom. The molecule has 0 fully saturated rings. The molecule has 0 unspecified atom stereocenters. The van der Waals surface area contributed by atoms with Crippen molar-refractivity contribution in [1.82, 2.24) is 4.90 Å². The average molecular weight is 147 g/mol. The van der Waals surface area contributed by atoms with Crippen LogP contribution in [0.25, 0.3) is 0 Å². The summed E-state index contributed by atoms with van der Waals surface area (Å²) in [4.78, 5) is 1.93. The van der Waals surface area contributed by atoms with E-state index in [0.29, 0.717) is 19.8 Å². The maximum Gasteiger partial charge on any atom is 0.0899 e. The summed E-state index contributed by atoms with van der Waals surface area (Å²) in [6.07, 6.45) is -0.352. The molecule has 0 aromatic carbocycles. The lowest BCUT2D eigenvalue weighted by Gasteiger charge is -2.15. The van der Waals surface area contributed by atoms with Crippen molar-refractivity contribution in [3.05, 3.63) is 0 Å². The summed E-state index contributed by atoms with van der Waals surface area (Å²) in [6, 6.07) is 0. The van der Waals surface area contributed by atoms with Gasteiger partial charge in [0.1, 0.15) is 0 Å². The van der Waals surface area contributed by atoms with E-state index >= 15 is 0 Å². The van der Waals surface area contributed by atoms with Crippen molar-refractivity contribution in [2.24, 2.45) is 0 Å². The Kier molecular flexibility index (Phi) is 5.58. The van der Waals surface area contributed by atoms with Gasteiger partial charge in [-0.1, -0.05) is 0 Å². The van der Waals surface area contributed by atoms with Gasteiger partial charge < -0.3 is 14.7 Å². The number of rotatable bonds is 5. The zero-order valence-corrected chi connectivity index (χ0v) is 7.00. The summed E-state index contributed by atoms with van der Waals surface area (Å²) in [5.74, 6) is 0. The summed E-state index contributed by atoms with van der Waals surface area (Å²) >= 11 is 0. The van der Waals surface area contributed by atoms with E-state index in [4.69, 9.17) is 4.74 Å². The number of hydrogen-bond donors (Lipinski definition) is 1. The maximum absolute atomic E-state index is 9.18. The third kappa shape index (κ3) is 6.01. The standard InChI is InChI=1S/C7H17NO2/c1-4-10-6-7(9)5-8(2)3/h7,9H,4-6H2,1-3H3/t7-/m1/s1. The minimum atomic E-state index is -0.352. The van der Waals surface area contributed by atoms with E-state index in [2.05, 4.69) is 0 Å². The van der Waals surface area contributed by atoms with Gasteiger partial charge in [0.05, 0.1) is 12.7 Å². The second-order valence-corrected chi connectivity index (χ2v) is 2.58. The van der Waals surface area contributed by atoms with Crippen LogP contribution in [-0.4, -0.2) is 50.0 Å². The normalized spacial score (nSPS) is 14.1. The first-order chi connectivity index (χ1) is 4.66. The highest BCUT2D eigenvalue weighted by molar-refractivity contribution is 4.56. The molecule has 1 N–H and O–H groups in total. The number of aliphatic hydroxyl groups excluding tert-OH is 1. The second-order valence-electron chi connectivity index (χ2n) is 2.58. The highest BCUT2D eigenvalue weighted by atomic mass is 16.5. The van der Waals surface area contributed by atoms with Crippen LogP contribution in [0.5, 0.6) is 0 Å². The van der Waals surface area contributed by atoms with Crippen molar-refractivity contribution in [2.75, 3.05) is 33.9 Å². The van der Waals surface area contributed by atoms with Crippen molar-refractivity contribution < 1.29 is 9.84 Å². The number of nitrogens with zero attached hydrogens (tertiary/aromatic N) is 1. The van der Waals surface area contributed by atoms with Crippen LogP contribution >= 0.6 is 0 Å². The first-order valence-corrected chi connectivity index (χ1v) is 3.57. The molecule has 0 aromatic rings. The van der Waals surface area contributed by atoms with E-state index in [1.807, 2.05) is 25.9 Å². The van der Waals surface area contributed by atoms with E-state index in [0.717, 1.165) is 0 Å². The van der Waals surface area contributed by atoms with Crippen LogP contribution < -0.4 is 0 Å². The Labute approximate surface area is 62.6 Å². The summed E-state index contributed by atoms with van der Waals surface area (Å²) < 4.78 is 5.02. The third-order valence-electron chi connectivity index (χ3n) is 1.09. The van der Waals surface area contributed by atoms with Gasteiger partial charge in [-0.3, -0.25) is 0 Å². The van der Waals surface area contributed by atoms with Gasteiger partial charge in [0.2, 0.25) is 0 Å². The van der Waals surface area contributed by atoms with Gasteiger partial charge in [-0.05, 0) is 21.0 Å². The lowest BCUT2D eigenvalue weighted by Crippen LogP contribution is -2.29. The van der Waals surface area contributed by atoms with E-state index in [-0.39, 0.29) is 6.10 Å². The molecule has 0 aliphatic rings. The zero-order chi connectivity index (χ0) is 7.98. The molecule has 0 rings (SSSR count). The largest absolute Gasteiger partial charge is 0.389 e. The van der Waals surface area contributed by atoms with Gasteiger partial charge in [0.25, 0.3) is 0 Å². The summed E-state index contributed by atoms with van der Waals surface area (Å²) in [6.45, 7) is 3.70. The van der Waals surface area contributed by atoms with E-state index < -0.39 is 0 Å². The predicted octanol–water partition coefficient (Wildman–Crippen LogP) is -0.0546. The van der Waals surface area contributed by atoms with Crippen LogP contribution in [0.15, 0.2) is 0 Å². The minimum absolute atomic E-state index is 0.352. The molecule has 0 aliphatic heterocycles. The Morgan fingerprint density at radius 3 is 2.50 bits per heavy atom. The fourth-order valence-corrected chi connectivity index (χ4v) is 0.728. The lowest BCUT2D eigenvalue weighted by molar-refractivity contribution is 0.0292. The molecule has 0 aromatic heterocycles. The SMILES string of the molecule is CCOC[C@H](O)CN(C)C. The number of aliphatic hydroxyl groups is 1. The molecule has 1 atom stereocenters. The van der Waals surface area contributed by atoms with Crippen LogP contribution in [0.3, 0.4) is 0 Å². The molecule has 0 bridgehead atoms. The Morgan fingerprint density at radius 2 is 2.10 bits per heavy atom. The van der Waals surface area contributed by atoms with Crippen molar-refractivity contribution in [3.8, 4) is 0 Å². The molecular weight excluding hydrogens is 130 g/mol. The highest BCUT2D eigenvalue weighted by Crippen LogP contribution is 1.87.